The van der Waals surface area contributed by atoms with Crippen LogP contribution in [-0.4, -0.2) is 28.0 Å². The fourth-order valence-corrected chi connectivity index (χ4v) is 2.57. The van der Waals surface area contributed by atoms with Crippen molar-refractivity contribution in [3.05, 3.63) is 45.8 Å². The van der Waals surface area contributed by atoms with Gasteiger partial charge < -0.3 is 10.2 Å². The van der Waals surface area contributed by atoms with Crippen molar-refractivity contribution in [2.45, 2.75) is 27.7 Å². The monoisotopic (exact) mass is 315 g/mol. The molecule has 122 valence electrons. The van der Waals surface area contributed by atoms with E-state index in [-0.39, 0.29) is 11.5 Å². The van der Waals surface area contributed by atoms with E-state index in [1.165, 1.54) is 6.33 Å². The number of benzene rings is 1. The molecule has 2 aromatic rings. The van der Waals surface area contributed by atoms with Crippen LogP contribution < -0.4 is 10.2 Å². The second kappa shape index (κ2) is 7.04. The van der Waals surface area contributed by atoms with Gasteiger partial charge in [-0.2, -0.15) is 0 Å². The van der Waals surface area contributed by atoms with Gasteiger partial charge in [-0.1, -0.05) is 6.07 Å². The molecule has 0 spiro atoms. The van der Waals surface area contributed by atoms with Gasteiger partial charge in [-0.3, -0.25) is 10.1 Å². The van der Waals surface area contributed by atoms with Crippen LogP contribution in [0.3, 0.4) is 0 Å². The van der Waals surface area contributed by atoms with Crippen LogP contribution in [0.2, 0.25) is 0 Å². The fraction of sp³-hybridized carbons (Fsp3) is 0.375. The first kappa shape index (κ1) is 16.7. The minimum Gasteiger partial charge on any atom is -0.351 e. The van der Waals surface area contributed by atoms with Crippen molar-refractivity contribution >= 4 is 23.0 Å². The molecule has 7 heteroatoms. The van der Waals surface area contributed by atoms with Gasteiger partial charge in [0.2, 0.25) is 11.6 Å². The van der Waals surface area contributed by atoms with E-state index in [0.29, 0.717) is 18.9 Å². The number of hydrogen-bond donors (Lipinski definition) is 1. The number of nitrogens with one attached hydrogen (secondary N) is 1. The average molecular weight is 315 g/mol. The van der Waals surface area contributed by atoms with Crippen LogP contribution >= 0.6 is 0 Å². The van der Waals surface area contributed by atoms with Crippen LogP contribution in [0.25, 0.3) is 0 Å². The van der Waals surface area contributed by atoms with Gasteiger partial charge in [-0.15, -0.1) is 0 Å². The largest absolute Gasteiger partial charge is 0.353 e. The van der Waals surface area contributed by atoms with Gasteiger partial charge in [-0.05, 0) is 51.0 Å². The molecule has 0 amide bonds. The Morgan fingerprint density at radius 2 is 1.74 bits per heavy atom. The number of nitrogens with zero attached hydrogens (tertiary/aromatic N) is 4. The SMILES string of the molecule is CCN(CC)c1ncnc(Nc2cc(C)cc(C)c2)c1[N+](=O)[O-]. The van der Waals surface area contributed by atoms with E-state index in [4.69, 9.17) is 0 Å². The lowest BCUT2D eigenvalue weighted by molar-refractivity contribution is -0.383. The highest BCUT2D eigenvalue weighted by atomic mass is 16.6. The molecule has 0 aliphatic heterocycles. The minimum atomic E-state index is -0.432. The molecule has 7 nitrogen and oxygen atoms in total. The van der Waals surface area contributed by atoms with E-state index in [0.717, 1.165) is 16.8 Å². The topological polar surface area (TPSA) is 84.2 Å². The smallest absolute Gasteiger partial charge is 0.351 e. The van der Waals surface area contributed by atoms with Gasteiger partial charge in [0.25, 0.3) is 0 Å². The Labute approximate surface area is 135 Å². The van der Waals surface area contributed by atoms with Crippen LogP contribution in [0, 0.1) is 24.0 Å². The first-order valence-corrected chi connectivity index (χ1v) is 7.55. The number of aromatic nitrogens is 2. The van der Waals surface area contributed by atoms with Gasteiger partial charge in [0.1, 0.15) is 6.33 Å². The molecule has 1 heterocycles. The summed E-state index contributed by atoms with van der Waals surface area (Å²) in [5.41, 5.74) is 2.83. The third-order valence-corrected chi connectivity index (χ3v) is 3.53. The molecular weight excluding hydrogens is 294 g/mol. The lowest BCUT2D eigenvalue weighted by Crippen LogP contribution is -2.24. The maximum absolute atomic E-state index is 11.6. The van der Waals surface area contributed by atoms with Crippen molar-refractivity contribution in [3.63, 3.8) is 0 Å². The van der Waals surface area contributed by atoms with Crippen LogP contribution in [0.1, 0.15) is 25.0 Å². The van der Waals surface area contributed by atoms with E-state index in [2.05, 4.69) is 15.3 Å². The van der Waals surface area contributed by atoms with Crippen molar-refractivity contribution in [2.24, 2.45) is 0 Å². The summed E-state index contributed by atoms with van der Waals surface area (Å²) in [5, 5.41) is 14.6. The van der Waals surface area contributed by atoms with Gasteiger partial charge >= 0.3 is 5.69 Å². The summed E-state index contributed by atoms with van der Waals surface area (Å²) in [6, 6.07) is 5.90. The molecule has 0 atom stereocenters. The summed E-state index contributed by atoms with van der Waals surface area (Å²) in [4.78, 5) is 21.2. The Kier molecular flexibility index (Phi) is 5.10. The van der Waals surface area contributed by atoms with Crippen molar-refractivity contribution in [2.75, 3.05) is 23.3 Å². The zero-order chi connectivity index (χ0) is 17.0. The van der Waals surface area contributed by atoms with E-state index in [1.807, 2.05) is 50.8 Å². The lowest BCUT2D eigenvalue weighted by atomic mass is 10.1. The van der Waals surface area contributed by atoms with Crippen LogP contribution in [-0.2, 0) is 0 Å². The summed E-state index contributed by atoms with van der Waals surface area (Å²) < 4.78 is 0. The van der Waals surface area contributed by atoms with E-state index in [1.54, 1.807) is 0 Å². The van der Waals surface area contributed by atoms with Crippen LogP contribution in [0.4, 0.5) is 23.0 Å². The van der Waals surface area contributed by atoms with Crippen molar-refractivity contribution in [1.82, 2.24) is 9.97 Å². The maximum Gasteiger partial charge on any atom is 0.353 e. The van der Waals surface area contributed by atoms with Crippen molar-refractivity contribution in [3.8, 4) is 0 Å². The summed E-state index contributed by atoms with van der Waals surface area (Å²) in [6.07, 6.45) is 1.35. The molecular formula is C16H21N5O2. The highest BCUT2D eigenvalue weighted by molar-refractivity contribution is 5.74. The molecule has 2 rings (SSSR count). The molecule has 1 N–H and O–H groups in total. The summed E-state index contributed by atoms with van der Waals surface area (Å²) >= 11 is 0. The van der Waals surface area contributed by atoms with E-state index >= 15 is 0 Å². The number of nitro groups is 1. The van der Waals surface area contributed by atoms with Gasteiger partial charge in [-0.25, -0.2) is 9.97 Å². The lowest BCUT2D eigenvalue weighted by Gasteiger charge is -2.20. The van der Waals surface area contributed by atoms with Crippen LogP contribution in [0.15, 0.2) is 24.5 Å². The summed E-state index contributed by atoms with van der Waals surface area (Å²) in [6.45, 7) is 9.11. The molecule has 0 saturated carbocycles. The Hall–Kier alpha value is -2.70. The first-order valence-electron chi connectivity index (χ1n) is 7.55. The van der Waals surface area contributed by atoms with Gasteiger partial charge in [0.15, 0.2) is 0 Å². The highest BCUT2D eigenvalue weighted by Gasteiger charge is 2.26. The summed E-state index contributed by atoms with van der Waals surface area (Å²) in [7, 11) is 0. The number of rotatable bonds is 6. The Morgan fingerprint density at radius 1 is 1.13 bits per heavy atom. The summed E-state index contributed by atoms with van der Waals surface area (Å²) in [5.74, 6) is 0.541. The maximum atomic E-state index is 11.6. The predicted molar refractivity (Wildman–Crippen MR) is 91.4 cm³/mol. The average Bonchev–Trinajstić information content (AvgIpc) is 2.47. The molecule has 23 heavy (non-hydrogen) atoms. The fourth-order valence-electron chi connectivity index (χ4n) is 2.57. The van der Waals surface area contributed by atoms with E-state index < -0.39 is 4.92 Å². The number of aryl methyl sites for hydroxylation is 2. The molecule has 0 aliphatic rings. The molecule has 0 aliphatic carbocycles. The molecule has 0 fully saturated rings. The highest BCUT2D eigenvalue weighted by Crippen LogP contribution is 2.33. The Morgan fingerprint density at radius 3 is 2.26 bits per heavy atom. The van der Waals surface area contributed by atoms with Crippen molar-refractivity contribution < 1.29 is 4.92 Å². The zero-order valence-corrected chi connectivity index (χ0v) is 13.8. The molecule has 1 aromatic heterocycles. The molecule has 1 aromatic carbocycles. The van der Waals surface area contributed by atoms with Crippen molar-refractivity contribution in [1.29, 1.82) is 0 Å². The van der Waals surface area contributed by atoms with E-state index in [9.17, 15) is 10.1 Å². The van der Waals surface area contributed by atoms with Gasteiger partial charge in [0.05, 0.1) is 4.92 Å². The zero-order valence-electron chi connectivity index (χ0n) is 13.8. The van der Waals surface area contributed by atoms with Crippen LogP contribution in [0.5, 0.6) is 0 Å². The second-order valence-electron chi connectivity index (χ2n) is 5.33. The Bertz CT molecular complexity index is 693. The minimum absolute atomic E-state index is 0.102. The Balaban J connectivity index is 2.49. The predicted octanol–water partition coefficient (Wildman–Crippen LogP) is 3.59. The quantitative estimate of drug-likeness (QED) is 0.648. The normalized spacial score (nSPS) is 10.4. The van der Waals surface area contributed by atoms with Gasteiger partial charge in [0, 0.05) is 18.8 Å². The third-order valence-electron chi connectivity index (χ3n) is 3.53. The number of anilines is 3. The molecule has 0 radical (unpaired) electrons. The standard InChI is InChI=1S/C16H21N5O2/c1-5-20(6-2)16-14(21(22)23)15(17-10-18-16)19-13-8-11(3)7-12(4)9-13/h7-10H,5-6H2,1-4H3,(H,17,18,19). The molecule has 0 unspecified atom stereocenters. The third kappa shape index (κ3) is 3.74. The second-order valence-corrected chi connectivity index (χ2v) is 5.33. The molecule has 0 bridgehead atoms. The number of hydrogen-bond acceptors (Lipinski definition) is 6. The molecule has 0 saturated heterocycles. The first-order chi connectivity index (χ1) is 11.0.